The Labute approximate surface area is 151 Å². The summed E-state index contributed by atoms with van der Waals surface area (Å²) in [6.07, 6.45) is 0.158. The van der Waals surface area contributed by atoms with Gasteiger partial charge < -0.3 is 19.9 Å². The summed E-state index contributed by atoms with van der Waals surface area (Å²) >= 11 is 3.35. The number of methoxy groups -OCH3 is 1. The van der Waals surface area contributed by atoms with Gasteiger partial charge in [-0.25, -0.2) is 0 Å². The van der Waals surface area contributed by atoms with Crippen LogP contribution < -0.4 is 14.8 Å². The van der Waals surface area contributed by atoms with Gasteiger partial charge in [-0.15, -0.1) is 0 Å². The van der Waals surface area contributed by atoms with E-state index in [2.05, 4.69) is 40.3 Å². The molecule has 4 nitrogen and oxygen atoms in total. The molecule has 130 valence electrons. The van der Waals surface area contributed by atoms with E-state index in [1.165, 1.54) is 0 Å². The molecule has 0 bridgehead atoms. The fraction of sp³-hybridized carbons (Fsp3) is 0.368. The topological polar surface area (TPSA) is 50.7 Å². The predicted molar refractivity (Wildman–Crippen MR) is 99.8 cm³/mol. The molecule has 0 saturated heterocycles. The number of halogens is 1. The van der Waals surface area contributed by atoms with Gasteiger partial charge in [0, 0.05) is 12.6 Å². The number of ether oxygens (including phenoxy) is 2. The fourth-order valence-electron chi connectivity index (χ4n) is 2.40. The number of benzene rings is 2. The highest BCUT2D eigenvalue weighted by molar-refractivity contribution is 9.10. The van der Waals surface area contributed by atoms with E-state index < -0.39 is 0 Å². The average Bonchev–Trinajstić information content (AvgIpc) is 2.55. The second-order valence-electron chi connectivity index (χ2n) is 5.97. The first kappa shape index (κ1) is 18.6. The lowest BCUT2D eigenvalue weighted by molar-refractivity contribution is 0.242. The van der Waals surface area contributed by atoms with E-state index in [4.69, 9.17) is 9.47 Å². The van der Waals surface area contributed by atoms with Crippen molar-refractivity contribution in [3.8, 4) is 17.2 Å². The molecule has 1 atom stereocenters. The fourth-order valence-corrected chi connectivity index (χ4v) is 2.89. The summed E-state index contributed by atoms with van der Waals surface area (Å²) in [6.45, 7) is 6.81. The molecule has 0 heterocycles. The van der Waals surface area contributed by atoms with Crippen molar-refractivity contribution in [3.63, 3.8) is 0 Å². The highest BCUT2D eigenvalue weighted by Gasteiger charge is 2.11. The maximum Gasteiger partial charge on any atom is 0.172 e. The highest BCUT2D eigenvalue weighted by atomic mass is 79.9. The first-order valence-corrected chi connectivity index (χ1v) is 8.75. The lowest BCUT2D eigenvalue weighted by atomic mass is 10.1. The molecular formula is C19H24BrNO3. The molecule has 2 rings (SSSR count). The quantitative estimate of drug-likeness (QED) is 0.708. The summed E-state index contributed by atoms with van der Waals surface area (Å²) < 4.78 is 11.6. The average molecular weight is 394 g/mol. The molecule has 0 saturated carbocycles. The van der Waals surface area contributed by atoms with Crippen LogP contribution in [0.1, 0.15) is 37.9 Å². The van der Waals surface area contributed by atoms with Crippen LogP contribution in [0.5, 0.6) is 17.2 Å². The molecular weight excluding hydrogens is 370 g/mol. The summed E-state index contributed by atoms with van der Waals surface area (Å²) in [7, 11) is 1.54. The van der Waals surface area contributed by atoms with Crippen molar-refractivity contribution >= 4 is 15.9 Å². The molecule has 0 spiro atoms. The summed E-state index contributed by atoms with van der Waals surface area (Å²) in [6, 6.07) is 12.0. The molecule has 5 heteroatoms. The van der Waals surface area contributed by atoms with Crippen molar-refractivity contribution in [3.05, 3.63) is 52.0 Å². The van der Waals surface area contributed by atoms with Crippen LogP contribution in [0.25, 0.3) is 0 Å². The van der Waals surface area contributed by atoms with Gasteiger partial charge in [0.05, 0.1) is 17.7 Å². The second kappa shape index (κ2) is 8.40. The second-order valence-corrected chi connectivity index (χ2v) is 6.82. The van der Waals surface area contributed by atoms with E-state index in [0.717, 1.165) is 16.9 Å². The molecule has 0 aliphatic heterocycles. The summed E-state index contributed by atoms with van der Waals surface area (Å²) in [5, 5.41) is 13.4. The Morgan fingerprint density at radius 3 is 2.58 bits per heavy atom. The standard InChI is InChI=1S/C19H24BrNO3/c1-12(2)24-16-7-5-6-15(10-16)13(3)21-11-14-8-17(20)19(22)18(9-14)23-4/h5-10,12-13,21-22H,11H2,1-4H3. The lowest BCUT2D eigenvalue weighted by Crippen LogP contribution is -2.18. The normalized spacial score (nSPS) is 12.2. The number of phenols is 1. The predicted octanol–water partition coefficient (Wildman–Crippen LogP) is 4.80. The van der Waals surface area contributed by atoms with E-state index in [1.54, 1.807) is 7.11 Å². The van der Waals surface area contributed by atoms with E-state index in [0.29, 0.717) is 16.8 Å². The monoisotopic (exact) mass is 393 g/mol. The van der Waals surface area contributed by atoms with Gasteiger partial charge in [0.2, 0.25) is 0 Å². The van der Waals surface area contributed by atoms with Crippen molar-refractivity contribution in [1.29, 1.82) is 0 Å². The molecule has 0 radical (unpaired) electrons. The number of rotatable bonds is 7. The molecule has 0 aromatic heterocycles. The van der Waals surface area contributed by atoms with E-state index in [1.807, 2.05) is 38.1 Å². The Morgan fingerprint density at radius 1 is 1.17 bits per heavy atom. The minimum atomic E-state index is 0.118. The zero-order valence-electron chi connectivity index (χ0n) is 14.5. The van der Waals surface area contributed by atoms with Gasteiger partial charge >= 0.3 is 0 Å². The maximum absolute atomic E-state index is 9.87. The molecule has 2 aromatic carbocycles. The summed E-state index contributed by atoms with van der Waals surface area (Å²) in [5.74, 6) is 1.46. The van der Waals surface area contributed by atoms with Crippen LogP contribution in [0.3, 0.4) is 0 Å². The van der Waals surface area contributed by atoms with Crippen molar-refractivity contribution in [1.82, 2.24) is 5.32 Å². The third-order valence-electron chi connectivity index (χ3n) is 3.65. The van der Waals surface area contributed by atoms with Gasteiger partial charge in [-0.1, -0.05) is 12.1 Å². The van der Waals surface area contributed by atoms with Gasteiger partial charge in [-0.3, -0.25) is 0 Å². The lowest BCUT2D eigenvalue weighted by Gasteiger charge is -2.17. The third kappa shape index (κ3) is 4.89. The van der Waals surface area contributed by atoms with Crippen LogP contribution >= 0.6 is 15.9 Å². The number of aromatic hydroxyl groups is 1. The van der Waals surface area contributed by atoms with Gasteiger partial charge in [-0.2, -0.15) is 0 Å². The Balaban J connectivity index is 2.05. The van der Waals surface area contributed by atoms with Crippen LogP contribution in [0.4, 0.5) is 0 Å². The molecule has 2 N–H and O–H groups in total. The van der Waals surface area contributed by atoms with Crippen LogP contribution in [0.2, 0.25) is 0 Å². The molecule has 24 heavy (non-hydrogen) atoms. The Hall–Kier alpha value is -1.72. The Morgan fingerprint density at radius 2 is 1.92 bits per heavy atom. The van der Waals surface area contributed by atoms with Crippen LogP contribution in [-0.4, -0.2) is 18.3 Å². The first-order valence-electron chi connectivity index (χ1n) is 7.96. The number of nitrogens with one attached hydrogen (secondary N) is 1. The first-order chi connectivity index (χ1) is 11.4. The Kier molecular flexibility index (Phi) is 6.52. The summed E-state index contributed by atoms with van der Waals surface area (Å²) in [5.41, 5.74) is 2.19. The highest BCUT2D eigenvalue weighted by Crippen LogP contribution is 2.35. The molecule has 0 fully saturated rings. The van der Waals surface area contributed by atoms with Crippen LogP contribution in [-0.2, 0) is 6.54 Å². The molecule has 0 aliphatic rings. The Bertz CT molecular complexity index is 688. The zero-order valence-corrected chi connectivity index (χ0v) is 16.1. The van der Waals surface area contributed by atoms with Gasteiger partial charge in [0.25, 0.3) is 0 Å². The van der Waals surface area contributed by atoms with E-state index >= 15 is 0 Å². The largest absolute Gasteiger partial charge is 0.503 e. The zero-order chi connectivity index (χ0) is 17.7. The van der Waals surface area contributed by atoms with E-state index in [9.17, 15) is 5.11 Å². The van der Waals surface area contributed by atoms with Gasteiger partial charge in [-0.05, 0) is 72.1 Å². The minimum absolute atomic E-state index is 0.118. The number of phenolic OH excluding ortho intramolecular Hbond substituents is 1. The van der Waals surface area contributed by atoms with E-state index in [-0.39, 0.29) is 17.9 Å². The van der Waals surface area contributed by atoms with Crippen molar-refractivity contribution in [2.75, 3.05) is 7.11 Å². The van der Waals surface area contributed by atoms with Crippen molar-refractivity contribution in [2.45, 2.75) is 39.5 Å². The minimum Gasteiger partial charge on any atom is -0.503 e. The molecule has 0 aliphatic carbocycles. The molecule has 2 aromatic rings. The smallest absolute Gasteiger partial charge is 0.172 e. The maximum atomic E-state index is 9.87. The van der Waals surface area contributed by atoms with Gasteiger partial charge in [0.15, 0.2) is 11.5 Å². The number of hydrogen-bond donors (Lipinski definition) is 2. The molecule has 0 amide bonds. The van der Waals surface area contributed by atoms with Gasteiger partial charge in [0.1, 0.15) is 5.75 Å². The third-order valence-corrected chi connectivity index (χ3v) is 4.25. The SMILES string of the molecule is COc1cc(CNC(C)c2cccc(OC(C)C)c2)cc(Br)c1O. The summed E-state index contributed by atoms with van der Waals surface area (Å²) in [4.78, 5) is 0. The van der Waals surface area contributed by atoms with Crippen LogP contribution in [0, 0.1) is 0 Å². The van der Waals surface area contributed by atoms with Crippen molar-refractivity contribution < 1.29 is 14.6 Å². The number of hydrogen-bond acceptors (Lipinski definition) is 4. The van der Waals surface area contributed by atoms with Crippen molar-refractivity contribution in [2.24, 2.45) is 0 Å². The molecule has 1 unspecified atom stereocenters. The van der Waals surface area contributed by atoms with Crippen LogP contribution in [0.15, 0.2) is 40.9 Å².